The average molecular weight is 329 g/mol. The van der Waals surface area contributed by atoms with Crippen LogP contribution < -0.4 is 5.73 Å². The van der Waals surface area contributed by atoms with E-state index in [1.54, 1.807) is 24.3 Å². The minimum atomic E-state index is -3.69. The SMILES string of the molecule is ClP(Cl)(Cl)(Cl)Cl.NC(=O)c1ccccc1. The van der Waals surface area contributed by atoms with Gasteiger partial charge in [0.15, 0.2) is 0 Å². The molecule has 1 aromatic carbocycles. The van der Waals surface area contributed by atoms with Crippen molar-refractivity contribution in [1.82, 2.24) is 0 Å². The molecule has 1 amide bonds. The largest absolute Gasteiger partial charge is 0.366 e. The maximum absolute atomic E-state index is 10.4. The molecule has 1 rings (SSSR count). The Bertz CT molecular complexity index is 317. The molecule has 0 fully saturated rings. The van der Waals surface area contributed by atoms with Crippen molar-refractivity contribution >= 4 is 65.5 Å². The Morgan fingerprint density at radius 1 is 1.00 bits per heavy atom. The van der Waals surface area contributed by atoms with Crippen LogP contribution in [0.2, 0.25) is 0 Å². The molecule has 0 heterocycles. The second-order valence-corrected chi connectivity index (χ2v) is 19.0. The third kappa shape index (κ3) is 14.6. The summed E-state index contributed by atoms with van der Waals surface area (Å²) in [5.74, 6) is -0.379. The van der Waals surface area contributed by atoms with E-state index in [4.69, 9.17) is 61.9 Å². The van der Waals surface area contributed by atoms with Gasteiger partial charge in [-0.2, -0.15) is 0 Å². The van der Waals surface area contributed by atoms with E-state index in [1.807, 2.05) is 6.07 Å². The summed E-state index contributed by atoms with van der Waals surface area (Å²) in [6, 6.07) is 8.76. The number of halogens is 5. The molecule has 0 aromatic heterocycles. The zero-order chi connectivity index (χ0) is 12.1. The van der Waals surface area contributed by atoms with E-state index in [2.05, 4.69) is 0 Å². The third-order valence-electron chi connectivity index (χ3n) is 1.06. The molecule has 0 radical (unpaired) electrons. The number of hydrogen-bond donors (Lipinski definition) is 1. The maximum atomic E-state index is 10.4. The number of carbonyl (C=O) groups is 1. The van der Waals surface area contributed by atoms with E-state index in [0.717, 1.165) is 0 Å². The Kier molecular flexibility index (Phi) is 5.99. The summed E-state index contributed by atoms with van der Waals surface area (Å²) >= 11 is 24.9. The van der Waals surface area contributed by atoms with Gasteiger partial charge >= 0.3 is 59.6 Å². The van der Waals surface area contributed by atoms with Gasteiger partial charge in [0, 0.05) is 5.56 Å². The molecule has 0 bridgehead atoms. The topological polar surface area (TPSA) is 43.1 Å². The predicted octanol–water partition coefficient (Wildman–Crippen LogP) is 5.09. The van der Waals surface area contributed by atoms with Gasteiger partial charge in [-0.15, -0.1) is 0 Å². The second kappa shape index (κ2) is 5.77. The van der Waals surface area contributed by atoms with E-state index in [0.29, 0.717) is 5.56 Å². The Morgan fingerprint density at radius 3 is 1.53 bits per heavy atom. The molecule has 2 nitrogen and oxygen atoms in total. The first-order valence-corrected chi connectivity index (χ1v) is 10.3. The summed E-state index contributed by atoms with van der Waals surface area (Å²) in [6.07, 6.45) is 0. The van der Waals surface area contributed by atoms with Crippen LogP contribution in [-0.4, -0.2) is 5.91 Å². The zero-order valence-corrected chi connectivity index (χ0v) is 11.9. The van der Waals surface area contributed by atoms with Gasteiger partial charge < -0.3 is 5.73 Å². The van der Waals surface area contributed by atoms with Crippen LogP contribution in [0.1, 0.15) is 10.4 Å². The molecule has 0 aliphatic heterocycles. The van der Waals surface area contributed by atoms with Gasteiger partial charge in [-0.3, -0.25) is 4.79 Å². The van der Waals surface area contributed by atoms with Gasteiger partial charge in [0.1, 0.15) is 0 Å². The van der Waals surface area contributed by atoms with E-state index < -0.39 is 3.37 Å². The Hall–Kier alpha value is 0.570. The predicted molar refractivity (Wildman–Crippen MR) is 71.1 cm³/mol. The van der Waals surface area contributed by atoms with Crippen LogP contribution in [0.5, 0.6) is 0 Å². The van der Waals surface area contributed by atoms with E-state index in [-0.39, 0.29) is 5.91 Å². The summed E-state index contributed by atoms with van der Waals surface area (Å²) in [6.45, 7) is 0. The normalized spacial score (nSPS) is 13.0. The van der Waals surface area contributed by atoms with Crippen LogP contribution in [0.15, 0.2) is 30.3 Å². The number of benzene rings is 1. The number of primary amides is 1. The van der Waals surface area contributed by atoms with Crippen molar-refractivity contribution in [3.8, 4) is 0 Å². The fraction of sp³-hybridized carbons (Fsp3) is 0. The molecular weight excluding hydrogens is 322 g/mol. The molecular formula is C7H7Cl5NOP. The second-order valence-electron chi connectivity index (χ2n) is 2.37. The summed E-state index contributed by atoms with van der Waals surface area (Å²) in [5, 5.41) is 0. The minimum Gasteiger partial charge on any atom is -0.366 e. The summed E-state index contributed by atoms with van der Waals surface area (Å²) in [4.78, 5) is 10.4. The molecule has 1 aromatic rings. The molecule has 0 saturated carbocycles. The van der Waals surface area contributed by atoms with Gasteiger partial charge in [-0.25, -0.2) is 0 Å². The van der Waals surface area contributed by atoms with Gasteiger partial charge in [-0.1, -0.05) is 18.2 Å². The van der Waals surface area contributed by atoms with Crippen molar-refractivity contribution in [3.63, 3.8) is 0 Å². The van der Waals surface area contributed by atoms with E-state index in [9.17, 15) is 4.79 Å². The molecule has 0 spiro atoms. The van der Waals surface area contributed by atoms with Gasteiger partial charge in [0.2, 0.25) is 5.91 Å². The summed E-state index contributed by atoms with van der Waals surface area (Å²) in [7, 11) is 0. The van der Waals surface area contributed by atoms with Crippen LogP contribution >= 0.6 is 59.6 Å². The van der Waals surface area contributed by atoms with Crippen molar-refractivity contribution in [2.75, 3.05) is 0 Å². The molecule has 8 heteroatoms. The van der Waals surface area contributed by atoms with Crippen LogP contribution in [0.25, 0.3) is 0 Å². The first-order valence-electron chi connectivity index (χ1n) is 3.50. The Balaban J connectivity index is 0.000000288. The van der Waals surface area contributed by atoms with Crippen molar-refractivity contribution < 1.29 is 4.79 Å². The minimum absolute atomic E-state index is 0.379. The van der Waals surface area contributed by atoms with Crippen LogP contribution in [0.4, 0.5) is 0 Å². The van der Waals surface area contributed by atoms with E-state index >= 15 is 0 Å². The summed E-state index contributed by atoms with van der Waals surface area (Å²) in [5.41, 5.74) is 5.53. The van der Waals surface area contributed by atoms with Crippen molar-refractivity contribution in [2.24, 2.45) is 5.73 Å². The number of hydrogen-bond acceptors (Lipinski definition) is 1. The molecule has 0 saturated heterocycles. The molecule has 0 aliphatic rings. The number of nitrogens with two attached hydrogens (primary N) is 1. The fourth-order valence-corrected chi connectivity index (χ4v) is 0.602. The molecule has 2 N–H and O–H groups in total. The molecule has 0 unspecified atom stereocenters. The van der Waals surface area contributed by atoms with Gasteiger partial charge in [-0.05, 0) is 12.1 Å². The maximum Gasteiger partial charge on any atom is 0.248 e. The Labute approximate surface area is 111 Å². The first-order chi connectivity index (χ1) is 6.54. The van der Waals surface area contributed by atoms with Gasteiger partial charge in [0.05, 0.1) is 0 Å². The third-order valence-corrected chi connectivity index (χ3v) is 1.06. The van der Waals surface area contributed by atoms with Crippen molar-refractivity contribution in [3.05, 3.63) is 35.9 Å². The van der Waals surface area contributed by atoms with Gasteiger partial charge in [0.25, 0.3) is 0 Å². The smallest absolute Gasteiger partial charge is 0.248 e. The number of amides is 1. The number of rotatable bonds is 1. The first kappa shape index (κ1) is 15.6. The van der Waals surface area contributed by atoms with Crippen molar-refractivity contribution in [1.29, 1.82) is 0 Å². The molecule has 15 heavy (non-hydrogen) atoms. The average Bonchev–Trinajstić information content (AvgIpc) is 2.01. The fourth-order valence-electron chi connectivity index (χ4n) is 0.602. The Morgan fingerprint density at radius 2 is 1.33 bits per heavy atom. The number of carbonyl (C=O) groups excluding carboxylic acids is 1. The van der Waals surface area contributed by atoms with E-state index in [1.165, 1.54) is 0 Å². The van der Waals surface area contributed by atoms with Crippen LogP contribution in [0, 0.1) is 0 Å². The summed E-state index contributed by atoms with van der Waals surface area (Å²) < 4.78 is -3.69. The molecule has 0 atom stereocenters. The van der Waals surface area contributed by atoms with Crippen molar-refractivity contribution in [2.45, 2.75) is 0 Å². The quantitative estimate of drug-likeness (QED) is 0.716. The molecule has 0 aliphatic carbocycles. The zero-order valence-electron chi connectivity index (χ0n) is 7.21. The van der Waals surface area contributed by atoms with Crippen LogP contribution in [-0.2, 0) is 0 Å². The monoisotopic (exact) mass is 327 g/mol. The standard InChI is InChI=1S/C7H7NO.Cl5P/c8-7(9)6-4-2-1-3-5-6;1-6(2,3,4)5/h1-5H,(H2,8,9);. The van der Waals surface area contributed by atoms with Crippen LogP contribution in [0.3, 0.4) is 0 Å². The molecule has 86 valence electrons.